The second kappa shape index (κ2) is 5.92. The Morgan fingerprint density at radius 2 is 2.00 bits per heavy atom. The zero-order valence-electron chi connectivity index (χ0n) is 14.8. The zero-order valence-corrected chi connectivity index (χ0v) is 15.5. The molecule has 1 aliphatic rings. The van der Waals surface area contributed by atoms with E-state index in [1.807, 2.05) is 13.1 Å². The number of likely N-dealkylation sites (N-methyl/N-ethyl adjacent to an activating group) is 1. The molecule has 0 N–H and O–H groups in total. The maximum absolute atomic E-state index is 11.6. The second-order valence-electron chi connectivity index (χ2n) is 6.83. The lowest BCUT2D eigenvalue weighted by Gasteiger charge is -2.15. The van der Waals surface area contributed by atoms with Crippen LogP contribution < -0.4 is 0 Å². The van der Waals surface area contributed by atoms with Gasteiger partial charge in [0.05, 0.1) is 11.2 Å². The highest BCUT2D eigenvalue weighted by Crippen LogP contribution is 2.43. The molecule has 0 spiro atoms. The lowest BCUT2D eigenvalue weighted by atomic mass is 9.99. The van der Waals surface area contributed by atoms with Crippen LogP contribution in [0.4, 0.5) is 0 Å². The normalized spacial score (nSPS) is 12.3. The van der Waals surface area contributed by atoms with Crippen LogP contribution in [-0.4, -0.2) is 29.0 Å². The molecular formula is C21H21ClN2O. The van der Waals surface area contributed by atoms with Crippen molar-refractivity contribution in [2.24, 2.45) is 0 Å². The molecule has 0 aliphatic carbocycles. The Balaban J connectivity index is 1.93. The predicted octanol–water partition coefficient (Wildman–Crippen LogP) is 4.65. The molecule has 1 amide bonds. The maximum Gasteiger partial charge on any atom is 0.219 e. The molecule has 1 aromatic heterocycles. The number of hydrogen-bond acceptors (Lipinski definition) is 1. The molecule has 0 radical (unpaired) electrons. The van der Waals surface area contributed by atoms with Gasteiger partial charge < -0.3 is 9.47 Å². The van der Waals surface area contributed by atoms with Gasteiger partial charge in [0.1, 0.15) is 0 Å². The molecule has 0 unspecified atom stereocenters. The molecule has 0 saturated carbocycles. The van der Waals surface area contributed by atoms with Gasteiger partial charge in [-0.2, -0.15) is 0 Å². The summed E-state index contributed by atoms with van der Waals surface area (Å²) in [7, 11) is 1.86. The van der Waals surface area contributed by atoms with Crippen molar-refractivity contribution in [1.82, 2.24) is 9.47 Å². The molecule has 25 heavy (non-hydrogen) atoms. The van der Waals surface area contributed by atoms with Crippen LogP contribution in [0.5, 0.6) is 0 Å². The number of amides is 1. The fourth-order valence-corrected chi connectivity index (χ4v) is 4.04. The number of aryl methyl sites for hydroxylation is 1. The van der Waals surface area contributed by atoms with E-state index in [1.54, 1.807) is 11.8 Å². The number of fused-ring (bicyclic) bond motifs is 5. The summed E-state index contributed by atoms with van der Waals surface area (Å²) in [5.74, 6) is 0.0970. The number of carbonyl (C=O) groups is 1. The first kappa shape index (κ1) is 16.2. The van der Waals surface area contributed by atoms with Crippen LogP contribution in [0.3, 0.4) is 0 Å². The molecule has 128 valence electrons. The summed E-state index contributed by atoms with van der Waals surface area (Å²) in [6.07, 6.45) is 0.838. The highest BCUT2D eigenvalue weighted by molar-refractivity contribution is 6.32. The van der Waals surface area contributed by atoms with Gasteiger partial charge in [0, 0.05) is 43.0 Å². The lowest BCUT2D eigenvalue weighted by molar-refractivity contribution is -0.127. The van der Waals surface area contributed by atoms with Crippen LogP contribution in [0.25, 0.3) is 22.2 Å². The average molecular weight is 353 g/mol. The largest absolute Gasteiger partial charge is 0.346 e. The van der Waals surface area contributed by atoms with Crippen molar-refractivity contribution in [3.05, 3.63) is 58.1 Å². The van der Waals surface area contributed by atoms with Crippen molar-refractivity contribution in [2.75, 3.05) is 13.6 Å². The Labute approximate surface area is 152 Å². The lowest BCUT2D eigenvalue weighted by Crippen LogP contribution is -2.26. The van der Waals surface area contributed by atoms with E-state index in [-0.39, 0.29) is 5.91 Å². The minimum absolute atomic E-state index is 0.0970. The van der Waals surface area contributed by atoms with Crippen LogP contribution in [0, 0.1) is 6.92 Å². The molecule has 0 saturated heterocycles. The number of hydrogen-bond donors (Lipinski definition) is 0. The number of carbonyl (C=O) groups excluding carboxylic acids is 1. The number of nitrogens with zero attached hydrogens (tertiary/aromatic N) is 2. The second-order valence-corrected chi connectivity index (χ2v) is 7.24. The van der Waals surface area contributed by atoms with Crippen molar-refractivity contribution in [2.45, 2.75) is 26.8 Å². The Hall–Kier alpha value is -2.26. The van der Waals surface area contributed by atoms with Gasteiger partial charge in [0.25, 0.3) is 0 Å². The fourth-order valence-electron chi connectivity index (χ4n) is 3.88. The van der Waals surface area contributed by atoms with Crippen LogP contribution in [-0.2, 0) is 17.8 Å². The molecule has 4 rings (SSSR count). The number of halogens is 1. The molecule has 1 aliphatic heterocycles. The summed E-state index contributed by atoms with van der Waals surface area (Å²) in [6.45, 7) is 5.30. The van der Waals surface area contributed by atoms with Gasteiger partial charge in [0.15, 0.2) is 0 Å². The molecule has 2 heterocycles. The Kier molecular flexibility index (Phi) is 3.84. The van der Waals surface area contributed by atoms with Crippen LogP contribution in [0.2, 0.25) is 5.02 Å². The van der Waals surface area contributed by atoms with Crippen molar-refractivity contribution >= 4 is 28.4 Å². The van der Waals surface area contributed by atoms with Gasteiger partial charge in [0.2, 0.25) is 5.91 Å². The molecule has 2 aromatic carbocycles. The molecule has 0 bridgehead atoms. The van der Waals surface area contributed by atoms with E-state index in [9.17, 15) is 4.79 Å². The van der Waals surface area contributed by atoms with Gasteiger partial charge in [-0.05, 0) is 36.1 Å². The minimum Gasteiger partial charge on any atom is -0.346 e. The summed E-state index contributed by atoms with van der Waals surface area (Å²) in [6, 6.07) is 12.7. The van der Waals surface area contributed by atoms with E-state index in [2.05, 4.69) is 41.8 Å². The third kappa shape index (κ3) is 2.46. The molecular weight excluding hydrogens is 332 g/mol. The number of rotatable bonds is 3. The third-order valence-electron chi connectivity index (χ3n) is 5.35. The van der Waals surface area contributed by atoms with E-state index >= 15 is 0 Å². The van der Waals surface area contributed by atoms with Crippen molar-refractivity contribution in [1.29, 1.82) is 0 Å². The van der Waals surface area contributed by atoms with Gasteiger partial charge >= 0.3 is 0 Å². The van der Waals surface area contributed by atoms with Crippen LogP contribution in [0.15, 0.2) is 36.4 Å². The third-order valence-corrected chi connectivity index (χ3v) is 5.76. The molecule has 0 atom stereocenters. The SMILES string of the molecule is CC(=O)N(C)CCc1c2n(c3c(C)c(Cl)ccc13)Cc1ccccc1-2. The highest BCUT2D eigenvalue weighted by Gasteiger charge is 2.27. The fraction of sp³-hybridized carbons (Fsp3) is 0.286. The first-order valence-corrected chi connectivity index (χ1v) is 8.97. The zero-order chi connectivity index (χ0) is 17.7. The Morgan fingerprint density at radius 3 is 2.76 bits per heavy atom. The van der Waals surface area contributed by atoms with E-state index in [0.29, 0.717) is 6.54 Å². The minimum atomic E-state index is 0.0970. The average Bonchev–Trinajstić information content (AvgIpc) is 3.10. The van der Waals surface area contributed by atoms with Gasteiger partial charge in [-0.25, -0.2) is 0 Å². The summed E-state index contributed by atoms with van der Waals surface area (Å²) in [5, 5.41) is 2.06. The number of benzene rings is 2. The van der Waals surface area contributed by atoms with Gasteiger partial charge in [-0.15, -0.1) is 0 Å². The standard InChI is InChI=1S/C21H21ClN2O/c1-13-19(22)9-8-17-18(10-11-23(3)14(2)25)21-16-7-5-4-6-15(16)12-24(21)20(13)17/h4-9H,10-12H2,1-3H3. The molecule has 4 heteroatoms. The first-order chi connectivity index (χ1) is 12.0. The van der Waals surface area contributed by atoms with E-state index in [0.717, 1.165) is 23.6 Å². The molecule has 3 nitrogen and oxygen atoms in total. The molecule has 3 aromatic rings. The Bertz CT molecular complexity index is 1000. The monoisotopic (exact) mass is 352 g/mol. The summed E-state index contributed by atoms with van der Waals surface area (Å²) < 4.78 is 2.39. The van der Waals surface area contributed by atoms with Gasteiger partial charge in [-0.3, -0.25) is 4.79 Å². The van der Waals surface area contributed by atoms with Gasteiger partial charge in [-0.1, -0.05) is 41.9 Å². The van der Waals surface area contributed by atoms with E-state index < -0.39 is 0 Å². The van der Waals surface area contributed by atoms with Crippen molar-refractivity contribution in [3.63, 3.8) is 0 Å². The number of aromatic nitrogens is 1. The Morgan fingerprint density at radius 1 is 1.24 bits per heavy atom. The quantitative estimate of drug-likeness (QED) is 0.526. The maximum atomic E-state index is 11.6. The topological polar surface area (TPSA) is 25.2 Å². The van der Waals surface area contributed by atoms with Crippen molar-refractivity contribution < 1.29 is 4.79 Å². The summed E-state index contributed by atoms with van der Waals surface area (Å²) in [5.41, 5.74) is 7.59. The van der Waals surface area contributed by atoms with E-state index in [4.69, 9.17) is 11.6 Å². The van der Waals surface area contributed by atoms with Crippen molar-refractivity contribution in [3.8, 4) is 11.3 Å². The van der Waals surface area contributed by atoms with E-state index in [1.165, 1.54) is 33.3 Å². The summed E-state index contributed by atoms with van der Waals surface area (Å²) >= 11 is 6.41. The smallest absolute Gasteiger partial charge is 0.219 e. The predicted molar refractivity (Wildman–Crippen MR) is 103 cm³/mol. The first-order valence-electron chi connectivity index (χ1n) is 8.59. The molecule has 0 fully saturated rings. The highest BCUT2D eigenvalue weighted by atomic mass is 35.5. The van der Waals surface area contributed by atoms with Crippen LogP contribution >= 0.6 is 11.6 Å². The van der Waals surface area contributed by atoms with Crippen LogP contribution in [0.1, 0.15) is 23.6 Å². The summed E-state index contributed by atoms with van der Waals surface area (Å²) in [4.78, 5) is 13.4.